The summed E-state index contributed by atoms with van der Waals surface area (Å²) in [6.07, 6.45) is 0. The summed E-state index contributed by atoms with van der Waals surface area (Å²) < 4.78 is 5.90. The second-order valence-corrected chi connectivity index (χ2v) is 6.53. The maximum Gasteiger partial charge on any atom is 0.124 e. The van der Waals surface area contributed by atoms with Crippen molar-refractivity contribution in [1.29, 1.82) is 0 Å². The first-order valence-corrected chi connectivity index (χ1v) is 8.18. The van der Waals surface area contributed by atoms with Gasteiger partial charge in [-0.2, -0.15) is 0 Å². The van der Waals surface area contributed by atoms with Gasteiger partial charge in [0.1, 0.15) is 12.4 Å². The number of ether oxygens (including phenoxy) is 1. The number of benzene rings is 2. The Morgan fingerprint density at radius 2 is 1.73 bits per heavy atom. The molecule has 0 spiro atoms. The van der Waals surface area contributed by atoms with Crippen LogP contribution >= 0.6 is 34.8 Å². The quantitative estimate of drug-likeness (QED) is 0.712. The molecule has 2 aromatic rings. The lowest BCUT2D eigenvalue weighted by atomic mass is 10.2. The van der Waals surface area contributed by atoms with Crippen LogP contribution in [0.25, 0.3) is 0 Å². The molecule has 0 aromatic heterocycles. The van der Waals surface area contributed by atoms with E-state index < -0.39 is 0 Å². The standard InChI is InChI=1S/C17H18Cl3NO/c1-11(2)21-9-12-8-13(18)6-7-17(12)22-10-14-15(19)4-3-5-16(14)20/h3-8,11,21H,9-10H2,1-2H3. The predicted octanol–water partition coefficient (Wildman–Crippen LogP) is 5.72. The Hall–Kier alpha value is -0.930. The van der Waals surface area contributed by atoms with E-state index in [1.807, 2.05) is 24.3 Å². The molecule has 0 radical (unpaired) electrons. The second-order valence-electron chi connectivity index (χ2n) is 5.28. The van der Waals surface area contributed by atoms with Crippen molar-refractivity contribution in [3.63, 3.8) is 0 Å². The summed E-state index contributed by atoms with van der Waals surface area (Å²) in [5, 5.41) is 5.24. The monoisotopic (exact) mass is 357 g/mol. The van der Waals surface area contributed by atoms with Crippen LogP contribution in [0.1, 0.15) is 25.0 Å². The minimum absolute atomic E-state index is 0.314. The van der Waals surface area contributed by atoms with Crippen molar-refractivity contribution in [3.8, 4) is 5.75 Å². The molecule has 0 atom stereocenters. The highest BCUT2D eigenvalue weighted by atomic mass is 35.5. The summed E-state index contributed by atoms with van der Waals surface area (Å²) in [5.41, 5.74) is 1.79. The van der Waals surface area contributed by atoms with Crippen molar-refractivity contribution in [2.75, 3.05) is 0 Å². The third-order valence-corrected chi connectivity index (χ3v) is 4.10. The van der Waals surface area contributed by atoms with E-state index in [0.717, 1.165) is 16.9 Å². The van der Waals surface area contributed by atoms with Gasteiger partial charge < -0.3 is 10.1 Å². The first kappa shape index (κ1) is 17.4. The maximum atomic E-state index is 6.17. The minimum atomic E-state index is 0.314. The number of rotatable bonds is 6. The normalized spacial score (nSPS) is 11.0. The largest absolute Gasteiger partial charge is 0.488 e. The van der Waals surface area contributed by atoms with Gasteiger partial charge in [0.05, 0.1) is 0 Å². The summed E-state index contributed by atoms with van der Waals surface area (Å²) in [4.78, 5) is 0. The van der Waals surface area contributed by atoms with E-state index in [2.05, 4.69) is 19.2 Å². The molecule has 2 rings (SSSR count). The Bertz CT molecular complexity index is 624. The van der Waals surface area contributed by atoms with Crippen molar-refractivity contribution in [2.24, 2.45) is 0 Å². The van der Waals surface area contributed by atoms with Crippen molar-refractivity contribution < 1.29 is 4.74 Å². The van der Waals surface area contributed by atoms with E-state index in [0.29, 0.717) is 34.3 Å². The van der Waals surface area contributed by atoms with Crippen LogP contribution in [0, 0.1) is 0 Å². The summed E-state index contributed by atoms with van der Waals surface area (Å²) in [5.74, 6) is 0.772. The third kappa shape index (κ3) is 4.79. The highest BCUT2D eigenvalue weighted by molar-refractivity contribution is 6.35. The number of hydrogen-bond donors (Lipinski definition) is 1. The van der Waals surface area contributed by atoms with Crippen molar-refractivity contribution in [2.45, 2.75) is 33.0 Å². The van der Waals surface area contributed by atoms with E-state index in [1.54, 1.807) is 12.1 Å². The molecule has 118 valence electrons. The van der Waals surface area contributed by atoms with Crippen LogP contribution in [0.2, 0.25) is 15.1 Å². The molecule has 0 heterocycles. The summed E-state index contributed by atoms with van der Waals surface area (Å²) in [6.45, 7) is 5.18. The average Bonchev–Trinajstić information content (AvgIpc) is 2.46. The van der Waals surface area contributed by atoms with E-state index in [9.17, 15) is 0 Å². The molecule has 0 aliphatic carbocycles. The van der Waals surface area contributed by atoms with E-state index >= 15 is 0 Å². The summed E-state index contributed by atoms with van der Waals surface area (Å²) in [6, 6.07) is 11.4. The molecular formula is C17H18Cl3NO. The van der Waals surface area contributed by atoms with Crippen molar-refractivity contribution in [3.05, 3.63) is 62.6 Å². The van der Waals surface area contributed by atoms with Gasteiger partial charge in [-0.15, -0.1) is 0 Å². The SMILES string of the molecule is CC(C)NCc1cc(Cl)ccc1OCc1c(Cl)cccc1Cl. The molecule has 2 nitrogen and oxygen atoms in total. The van der Waals surface area contributed by atoms with Crippen molar-refractivity contribution >= 4 is 34.8 Å². The van der Waals surface area contributed by atoms with E-state index in [1.165, 1.54) is 0 Å². The fraction of sp³-hybridized carbons (Fsp3) is 0.294. The first-order chi connectivity index (χ1) is 10.5. The molecule has 5 heteroatoms. The topological polar surface area (TPSA) is 21.3 Å². The summed E-state index contributed by atoms with van der Waals surface area (Å²) >= 11 is 18.4. The zero-order chi connectivity index (χ0) is 16.1. The van der Waals surface area contributed by atoms with Crippen molar-refractivity contribution in [1.82, 2.24) is 5.32 Å². The third-order valence-electron chi connectivity index (χ3n) is 3.16. The Kier molecular flexibility index (Phi) is 6.39. The molecular weight excluding hydrogens is 341 g/mol. The van der Waals surface area contributed by atoms with E-state index in [-0.39, 0.29) is 0 Å². The smallest absolute Gasteiger partial charge is 0.124 e. The molecule has 0 unspecified atom stereocenters. The van der Waals surface area contributed by atoms with Gasteiger partial charge in [0.2, 0.25) is 0 Å². The Labute approximate surface area is 146 Å². The van der Waals surface area contributed by atoms with E-state index in [4.69, 9.17) is 39.5 Å². The molecule has 0 fully saturated rings. The van der Waals surface area contributed by atoms with Crippen LogP contribution in [0.4, 0.5) is 0 Å². The van der Waals surface area contributed by atoms with Crippen LogP contribution in [-0.2, 0) is 13.2 Å². The molecule has 0 amide bonds. The zero-order valence-electron chi connectivity index (χ0n) is 12.5. The maximum absolute atomic E-state index is 6.17. The van der Waals surface area contributed by atoms with Gasteiger partial charge in [-0.05, 0) is 30.3 Å². The Morgan fingerprint density at radius 1 is 1.05 bits per heavy atom. The fourth-order valence-electron chi connectivity index (χ4n) is 1.96. The van der Waals surface area contributed by atoms with Gasteiger partial charge >= 0.3 is 0 Å². The lowest BCUT2D eigenvalue weighted by Crippen LogP contribution is -2.22. The van der Waals surface area contributed by atoms with Gasteiger partial charge in [0, 0.05) is 38.8 Å². The first-order valence-electron chi connectivity index (χ1n) is 7.05. The summed E-state index contributed by atoms with van der Waals surface area (Å²) in [7, 11) is 0. The molecule has 2 aromatic carbocycles. The lowest BCUT2D eigenvalue weighted by Gasteiger charge is -2.15. The lowest BCUT2D eigenvalue weighted by molar-refractivity contribution is 0.302. The highest BCUT2D eigenvalue weighted by Gasteiger charge is 2.09. The Balaban J connectivity index is 2.15. The number of nitrogens with one attached hydrogen (secondary N) is 1. The molecule has 0 saturated carbocycles. The Morgan fingerprint density at radius 3 is 2.36 bits per heavy atom. The van der Waals surface area contributed by atoms with Crippen LogP contribution in [0.5, 0.6) is 5.75 Å². The predicted molar refractivity (Wildman–Crippen MR) is 94.2 cm³/mol. The molecule has 0 aliphatic heterocycles. The molecule has 1 N–H and O–H groups in total. The van der Waals surface area contributed by atoms with Gasteiger partial charge in [0.25, 0.3) is 0 Å². The fourth-order valence-corrected chi connectivity index (χ4v) is 2.66. The van der Waals surface area contributed by atoms with Gasteiger partial charge in [-0.25, -0.2) is 0 Å². The molecule has 0 aliphatic rings. The number of hydrogen-bond acceptors (Lipinski definition) is 2. The highest BCUT2D eigenvalue weighted by Crippen LogP contribution is 2.28. The van der Waals surface area contributed by atoms with Gasteiger partial charge in [0.15, 0.2) is 0 Å². The van der Waals surface area contributed by atoms with Gasteiger partial charge in [-0.3, -0.25) is 0 Å². The molecule has 0 saturated heterocycles. The van der Waals surface area contributed by atoms with Gasteiger partial charge in [-0.1, -0.05) is 54.7 Å². The zero-order valence-corrected chi connectivity index (χ0v) is 14.8. The average molecular weight is 359 g/mol. The van der Waals surface area contributed by atoms with Crippen LogP contribution in [-0.4, -0.2) is 6.04 Å². The van der Waals surface area contributed by atoms with Crippen LogP contribution in [0.3, 0.4) is 0 Å². The molecule has 0 bridgehead atoms. The second kappa shape index (κ2) is 8.07. The van der Waals surface area contributed by atoms with Crippen LogP contribution in [0.15, 0.2) is 36.4 Å². The number of halogens is 3. The minimum Gasteiger partial charge on any atom is -0.488 e. The van der Waals surface area contributed by atoms with Crippen LogP contribution < -0.4 is 10.1 Å². The molecule has 22 heavy (non-hydrogen) atoms.